The second kappa shape index (κ2) is 11.2. The third-order valence-corrected chi connectivity index (χ3v) is 6.44. The van der Waals surface area contributed by atoms with Gasteiger partial charge in [0.2, 0.25) is 0 Å². The van der Waals surface area contributed by atoms with E-state index in [9.17, 15) is 9.59 Å². The summed E-state index contributed by atoms with van der Waals surface area (Å²) in [4.78, 5) is 29.7. The fourth-order valence-electron chi connectivity index (χ4n) is 4.25. The molecule has 3 amide bonds. The van der Waals surface area contributed by atoms with Gasteiger partial charge in [-0.15, -0.1) is 0 Å². The summed E-state index contributed by atoms with van der Waals surface area (Å²) in [5.74, 6) is 1.41. The van der Waals surface area contributed by atoms with Crippen molar-refractivity contribution in [2.24, 2.45) is 11.8 Å². The first-order valence-electron chi connectivity index (χ1n) is 12.0. The molecule has 1 aromatic carbocycles. The zero-order valence-corrected chi connectivity index (χ0v) is 20.9. The molecular weight excluding hydrogens is 420 g/mol. The number of urea groups is 1. The van der Waals surface area contributed by atoms with Crippen LogP contribution in [-0.4, -0.2) is 80.3 Å². The summed E-state index contributed by atoms with van der Waals surface area (Å²) in [5.41, 5.74) is 0.980. The minimum absolute atomic E-state index is 0.0124. The number of anilines is 1. The van der Waals surface area contributed by atoms with Gasteiger partial charge in [-0.25, -0.2) is 4.79 Å². The molecule has 2 N–H and O–H groups in total. The smallest absolute Gasteiger partial charge is 0.319 e. The van der Waals surface area contributed by atoms with Gasteiger partial charge >= 0.3 is 6.03 Å². The fourth-order valence-corrected chi connectivity index (χ4v) is 4.25. The first kappa shape index (κ1) is 25.3. The van der Waals surface area contributed by atoms with E-state index in [0.29, 0.717) is 30.2 Å². The summed E-state index contributed by atoms with van der Waals surface area (Å²) in [6, 6.07) is 5.14. The molecule has 3 atom stereocenters. The van der Waals surface area contributed by atoms with Gasteiger partial charge in [-0.3, -0.25) is 9.69 Å². The Bertz CT molecular complexity index is 827. The maximum absolute atomic E-state index is 13.4. The highest BCUT2D eigenvalue weighted by Gasteiger charge is 2.31. The van der Waals surface area contributed by atoms with Gasteiger partial charge in [0.05, 0.1) is 11.7 Å². The van der Waals surface area contributed by atoms with Crippen LogP contribution in [0, 0.1) is 11.8 Å². The first-order valence-corrected chi connectivity index (χ1v) is 12.0. The van der Waals surface area contributed by atoms with E-state index in [1.807, 2.05) is 13.8 Å². The number of methoxy groups -OCH3 is 1. The SMILES string of the molecule is CO[C@H]1CN(C)C(=O)c2cc(NC(=O)NC(C)C)ccc2OC[C@H](C)N(CC2CC2)C[C@H]1C. The molecule has 3 rings (SSSR count). The Morgan fingerprint density at radius 2 is 1.97 bits per heavy atom. The highest BCUT2D eigenvalue weighted by molar-refractivity contribution is 5.99. The van der Waals surface area contributed by atoms with Crippen LogP contribution in [-0.2, 0) is 4.74 Å². The van der Waals surface area contributed by atoms with Gasteiger partial charge in [-0.2, -0.15) is 0 Å². The lowest BCUT2D eigenvalue weighted by Crippen LogP contribution is -2.47. The fraction of sp³-hybridized carbons (Fsp3) is 0.680. The van der Waals surface area contributed by atoms with Gasteiger partial charge in [0, 0.05) is 51.6 Å². The van der Waals surface area contributed by atoms with Crippen molar-refractivity contribution in [2.45, 2.75) is 58.7 Å². The van der Waals surface area contributed by atoms with E-state index in [2.05, 4.69) is 29.4 Å². The van der Waals surface area contributed by atoms with E-state index in [0.717, 1.165) is 19.0 Å². The van der Waals surface area contributed by atoms with Crippen LogP contribution in [0.4, 0.5) is 10.5 Å². The van der Waals surface area contributed by atoms with Crippen LogP contribution in [0.5, 0.6) is 5.75 Å². The number of ether oxygens (including phenoxy) is 2. The third kappa shape index (κ3) is 7.08. The highest BCUT2D eigenvalue weighted by atomic mass is 16.5. The van der Waals surface area contributed by atoms with Crippen molar-refractivity contribution in [3.05, 3.63) is 23.8 Å². The maximum atomic E-state index is 13.4. The number of hydrogen-bond acceptors (Lipinski definition) is 5. The number of amides is 3. The van der Waals surface area contributed by atoms with Gasteiger partial charge in [-0.1, -0.05) is 6.92 Å². The van der Waals surface area contributed by atoms with Gasteiger partial charge in [-0.05, 0) is 63.6 Å². The lowest BCUT2D eigenvalue weighted by Gasteiger charge is -2.36. The minimum Gasteiger partial charge on any atom is -0.491 e. The van der Waals surface area contributed by atoms with Crippen LogP contribution in [0.15, 0.2) is 18.2 Å². The molecule has 1 heterocycles. The molecular formula is C25H40N4O4. The Hall–Kier alpha value is -2.32. The van der Waals surface area contributed by atoms with Gasteiger partial charge < -0.3 is 25.0 Å². The van der Waals surface area contributed by atoms with E-state index in [-0.39, 0.29) is 36.0 Å². The molecule has 1 saturated carbocycles. The average molecular weight is 461 g/mol. The second-order valence-electron chi connectivity index (χ2n) is 9.96. The zero-order chi connectivity index (χ0) is 24.1. The number of hydrogen-bond donors (Lipinski definition) is 2. The number of carbonyl (C=O) groups is 2. The number of benzene rings is 1. The van der Waals surface area contributed by atoms with Crippen LogP contribution in [0.1, 0.15) is 50.9 Å². The lowest BCUT2D eigenvalue weighted by atomic mass is 10.0. The summed E-state index contributed by atoms with van der Waals surface area (Å²) in [7, 11) is 3.50. The standard InChI is InChI=1S/C25H40N4O4/c1-16(2)26-25(31)27-20-9-10-22-21(11-20)24(30)28(5)14-23(32-6)17(3)12-29(13-19-7-8-19)18(4)15-33-22/h9-11,16-19,23H,7-8,12-15H2,1-6H3,(H2,26,27,31)/t17-,18+,23+/m1/s1. The van der Waals surface area contributed by atoms with E-state index in [4.69, 9.17) is 9.47 Å². The van der Waals surface area contributed by atoms with E-state index in [1.165, 1.54) is 12.8 Å². The van der Waals surface area contributed by atoms with Crippen molar-refractivity contribution in [1.29, 1.82) is 0 Å². The molecule has 1 fully saturated rings. The molecule has 8 nitrogen and oxygen atoms in total. The summed E-state index contributed by atoms with van der Waals surface area (Å²) in [6.45, 7) is 11.1. The summed E-state index contributed by atoms with van der Waals surface area (Å²) < 4.78 is 12.0. The van der Waals surface area contributed by atoms with E-state index in [1.54, 1.807) is 37.3 Å². The molecule has 1 aromatic rings. The van der Waals surface area contributed by atoms with Crippen molar-refractivity contribution >= 4 is 17.6 Å². The summed E-state index contributed by atoms with van der Waals surface area (Å²) in [5, 5.41) is 5.61. The highest BCUT2D eigenvalue weighted by Crippen LogP contribution is 2.31. The Balaban J connectivity index is 1.88. The van der Waals surface area contributed by atoms with Crippen LogP contribution in [0.25, 0.3) is 0 Å². The zero-order valence-electron chi connectivity index (χ0n) is 20.9. The largest absolute Gasteiger partial charge is 0.491 e. The minimum atomic E-state index is -0.308. The normalized spacial score (nSPS) is 25.0. The molecule has 8 heteroatoms. The molecule has 0 bridgehead atoms. The molecule has 33 heavy (non-hydrogen) atoms. The topological polar surface area (TPSA) is 83.1 Å². The van der Waals surface area contributed by atoms with E-state index < -0.39 is 0 Å². The van der Waals surface area contributed by atoms with Crippen LogP contribution >= 0.6 is 0 Å². The molecule has 0 saturated heterocycles. The lowest BCUT2D eigenvalue weighted by molar-refractivity contribution is 0.00994. The number of nitrogens with one attached hydrogen (secondary N) is 2. The Morgan fingerprint density at radius 3 is 2.61 bits per heavy atom. The Morgan fingerprint density at radius 1 is 1.24 bits per heavy atom. The maximum Gasteiger partial charge on any atom is 0.319 e. The van der Waals surface area contributed by atoms with Crippen molar-refractivity contribution in [3.63, 3.8) is 0 Å². The molecule has 0 aromatic heterocycles. The third-order valence-electron chi connectivity index (χ3n) is 6.44. The van der Waals surface area contributed by atoms with Gasteiger partial charge in [0.25, 0.3) is 5.91 Å². The Kier molecular flexibility index (Phi) is 8.59. The van der Waals surface area contributed by atoms with Crippen LogP contribution in [0.2, 0.25) is 0 Å². The van der Waals surface area contributed by atoms with Crippen molar-refractivity contribution in [3.8, 4) is 5.75 Å². The Labute approximate surface area is 198 Å². The van der Waals surface area contributed by atoms with Crippen molar-refractivity contribution in [2.75, 3.05) is 45.7 Å². The predicted octanol–water partition coefficient (Wildman–Crippen LogP) is 3.43. The van der Waals surface area contributed by atoms with Gasteiger partial charge in [0.15, 0.2) is 0 Å². The number of carbonyl (C=O) groups excluding carboxylic acids is 2. The van der Waals surface area contributed by atoms with Crippen molar-refractivity contribution in [1.82, 2.24) is 15.1 Å². The molecule has 0 spiro atoms. The molecule has 1 aliphatic carbocycles. The van der Waals surface area contributed by atoms with Crippen LogP contribution in [0.3, 0.4) is 0 Å². The molecule has 0 radical (unpaired) electrons. The molecule has 0 unspecified atom stereocenters. The number of rotatable bonds is 5. The predicted molar refractivity (Wildman–Crippen MR) is 130 cm³/mol. The molecule has 184 valence electrons. The molecule has 1 aliphatic heterocycles. The summed E-state index contributed by atoms with van der Waals surface area (Å²) in [6.07, 6.45) is 2.52. The quantitative estimate of drug-likeness (QED) is 0.703. The number of likely N-dealkylation sites (N-methyl/N-ethyl adjacent to an activating group) is 1. The van der Waals surface area contributed by atoms with Crippen molar-refractivity contribution < 1.29 is 19.1 Å². The second-order valence-corrected chi connectivity index (χ2v) is 9.96. The van der Waals surface area contributed by atoms with E-state index >= 15 is 0 Å². The van der Waals surface area contributed by atoms with Gasteiger partial charge in [0.1, 0.15) is 12.4 Å². The van der Waals surface area contributed by atoms with Crippen LogP contribution < -0.4 is 15.4 Å². The average Bonchev–Trinajstić information content (AvgIpc) is 3.57. The monoisotopic (exact) mass is 460 g/mol. The number of fused-ring (bicyclic) bond motifs is 1. The number of nitrogens with zero attached hydrogens (tertiary/aromatic N) is 2. The first-order chi connectivity index (χ1) is 15.7. The summed E-state index contributed by atoms with van der Waals surface area (Å²) >= 11 is 0. The molecule has 2 aliphatic rings.